The Labute approximate surface area is 113 Å². The van der Waals surface area contributed by atoms with Crippen molar-refractivity contribution in [3.05, 3.63) is 29.8 Å². The lowest BCUT2D eigenvalue weighted by atomic mass is 10.2. The lowest BCUT2D eigenvalue weighted by Gasteiger charge is -2.09. The maximum Gasteiger partial charge on any atom is 0.446 e. The highest BCUT2D eigenvalue weighted by Gasteiger charge is 2.29. The van der Waals surface area contributed by atoms with Gasteiger partial charge in [0.05, 0.1) is 0 Å². The fourth-order valence-electron chi connectivity index (χ4n) is 1.05. The van der Waals surface area contributed by atoms with Crippen molar-refractivity contribution in [1.82, 2.24) is 5.48 Å². The first-order chi connectivity index (χ1) is 9.07. The molecule has 0 atom stereocenters. The van der Waals surface area contributed by atoms with Crippen LogP contribution in [-0.2, 0) is 4.84 Å². The molecule has 20 heavy (non-hydrogen) atoms. The van der Waals surface area contributed by atoms with Crippen molar-refractivity contribution < 1.29 is 36.0 Å². The van der Waals surface area contributed by atoms with Crippen LogP contribution in [0.1, 0.15) is 10.4 Å². The summed E-state index contributed by atoms with van der Waals surface area (Å²) in [6, 6.07) is 4.13. The molecule has 0 radical (unpaired) electrons. The Morgan fingerprint density at radius 1 is 1.10 bits per heavy atom. The number of hydroxylamine groups is 1. The van der Waals surface area contributed by atoms with E-state index < -0.39 is 24.2 Å². The molecule has 0 aliphatic heterocycles. The number of nitrogens with one attached hydrogen (secondary N) is 1. The van der Waals surface area contributed by atoms with Crippen LogP contribution in [0, 0.1) is 0 Å². The molecule has 1 N–H and O–H groups in total. The summed E-state index contributed by atoms with van der Waals surface area (Å²) in [6.07, 6.45) is -4.60. The summed E-state index contributed by atoms with van der Waals surface area (Å²) in [6.45, 7) is -1.67. The highest BCUT2D eigenvalue weighted by atomic mass is 32.2. The van der Waals surface area contributed by atoms with Gasteiger partial charge < -0.3 is 0 Å². The molecule has 1 rings (SSSR count). The Kier molecular flexibility index (Phi) is 5.28. The molecule has 0 saturated heterocycles. The van der Waals surface area contributed by atoms with Gasteiger partial charge in [0, 0.05) is 10.5 Å². The monoisotopic (exact) mass is 319 g/mol. The molecule has 112 valence electrons. The number of carbonyl (C=O) groups excluding carboxylic acids is 1. The second-order valence-electron chi connectivity index (χ2n) is 3.41. The topological polar surface area (TPSA) is 38.3 Å². The maximum absolute atomic E-state index is 12.0. The minimum Gasteiger partial charge on any atom is -0.267 e. The third-order valence-corrected chi connectivity index (χ3v) is 2.49. The van der Waals surface area contributed by atoms with E-state index in [9.17, 15) is 31.1 Å². The zero-order valence-electron chi connectivity index (χ0n) is 9.51. The van der Waals surface area contributed by atoms with E-state index in [1.165, 1.54) is 5.48 Å². The largest absolute Gasteiger partial charge is 0.446 e. The normalized spacial score (nSPS) is 12.3. The SMILES string of the molecule is O=C(NOCC(F)(F)F)c1ccc(SC(F)(F)F)cc1. The van der Waals surface area contributed by atoms with Gasteiger partial charge in [-0.15, -0.1) is 0 Å². The molecular formula is C10H7F6NO2S. The van der Waals surface area contributed by atoms with E-state index >= 15 is 0 Å². The first-order valence-corrected chi connectivity index (χ1v) is 5.73. The Bertz CT molecular complexity index is 456. The minimum atomic E-state index is -4.60. The average molecular weight is 319 g/mol. The number of benzene rings is 1. The van der Waals surface area contributed by atoms with Crippen molar-refractivity contribution in [1.29, 1.82) is 0 Å². The number of alkyl halides is 6. The van der Waals surface area contributed by atoms with Crippen molar-refractivity contribution >= 4 is 17.7 Å². The van der Waals surface area contributed by atoms with Gasteiger partial charge in [0.25, 0.3) is 5.91 Å². The van der Waals surface area contributed by atoms with Crippen LogP contribution in [0.25, 0.3) is 0 Å². The van der Waals surface area contributed by atoms with E-state index in [-0.39, 0.29) is 22.2 Å². The highest BCUT2D eigenvalue weighted by Crippen LogP contribution is 2.36. The summed E-state index contributed by atoms with van der Waals surface area (Å²) in [5.41, 5.74) is -3.05. The summed E-state index contributed by atoms with van der Waals surface area (Å²) in [5.74, 6) is -0.988. The van der Waals surface area contributed by atoms with Crippen molar-refractivity contribution in [3.8, 4) is 0 Å². The molecule has 0 spiro atoms. The van der Waals surface area contributed by atoms with Gasteiger partial charge in [0.2, 0.25) is 0 Å². The van der Waals surface area contributed by atoms with E-state index in [1.54, 1.807) is 0 Å². The molecule has 0 saturated carbocycles. The smallest absolute Gasteiger partial charge is 0.267 e. The van der Waals surface area contributed by atoms with Gasteiger partial charge in [-0.05, 0) is 36.0 Å². The van der Waals surface area contributed by atoms with Gasteiger partial charge in [-0.25, -0.2) is 5.48 Å². The Morgan fingerprint density at radius 2 is 1.65 bits per heavy atom. The highest BCUT2D eigenvalue weighted by molar-refractivity contribution is 8.00. The number of halogens is 6. The lowest BCUT2D eigenvalue weighted by Crippen LogP contribution is -2.29. The molecular weight excluding hydrogens is 312 g/mol. The first kappa shape index (κ1) is 16.6. The summed E-state index contributed by atoms with van der Waals surface area (Å²) in [7, 11) is 0. The Balaban J connectivity index is 2.54. The van der Waals surface area contributed by atoms with Gasteiger partial charge >= 0.3 is 11.7 Å². The van der Waals surface area contributed by atoms with Crippen molar-refractivity contribution in [2.45, 2.75) is 16.6 Å². The second-order valence-corrected chi connectivity index (χ2v) is 4.55. The molecule has 0 aliphatic rings. The predicted molar refractivity (Wildman–Crippen MR) is 57.8 cm³/mol. The zero-order chi connectivity index (χ0) is 15.4. The fraction of sp³-hybridized carbons (Fsp3) is 0.300. The quantitative estimate of drug-likeness (QED) is 0.524. The molecule has 1 aromatic carbocycles. The number of rotatable bonds is 4. The molecule has 1 aromatic rings. The minimum absolute atomic E-state index is 0.126. The maximum atomic E-state index is 12.0. The van der Waals surface area contributed by atoms with E-state index in [4.69, 9.17) is 0 Å². The van der Waals surface area contributed by atoms with Gasteiger partial charge in [-0.3, -0.25) is 9.63 Å². The van der Waals surface area contributed by atoms with Crippen molar-refractivity contribution in [2.75, 3.05) is 6.61 Å². The van der Waals surface area contributed by atoms with Crippen LogP contribution < -0.4 is 5.48 Å². The number of hydrogen-bond acceptors (Lipinski definition) is 3. The van der Waals surface area contributed by atoms with E-state index in [0.717, 1.165) is 24.3 Å². The molecule has 0 aromatic heterocycles. The fourth-order valence-corrected chi connectivity index (χ4v) is 1.59. The molecule has 0 aliphatic carbocycles. The van der Waals surface area contributed by atoms with Crippen molar-refractivity contribution in [2.24, 2.45) is 0 Å². The summed E-state index contributed by atoms with van der Waals surface area (Å²) >= 11 is -0.369. The third-order valence-electron chi connectivity index (χ3n) is 1.75. The van der Waals surface area contributed by atoms with E-state index in [0.29, 0.717) is 0 Å². The van der Waals surface area contributed by atoms with Crippen LogP contribution in [0.15, 0.2) is 29.2 Å². The van der Waals surface area contributed by atoms with Gasteiger partial charge in [0.1, 0.15) is 0 Å². The second kappa shape index (κ2) is 6.35. The van der Waals surface area contributed by atoms with E-state index in [1.807, 2.05) is 0 Å². The van der Waals surface area contributed by atoms with Crippen LogP contribution in [0.2, 0.25) is 0 Å². The summed E-state index contributed by atoms with van der Waals surface area (Å²) in [4.78, 5) is 15.1. The molecule has 3 nitrogen and oxygen atoms in total. The standard InChI is InChI=1S/C10H7F6NO2S/c11-9(12,13)5-19-17-8(18)6-1-3-7(4-2-6)20-10(14,15)16/h1-4H,5H2,(H,17,18). The van der Waals surface area contributed by atoms with Crippen LogP contribution in [0.3, 0.4) is 0 Å². The van der Waals surface area contributed by atoms with Crippen LogP contribution in [0.5, 0.6) is 0 Å². The zero-order valence-corrected chi connectivity index (χ0v) is 10.3. The first-order valence-electron chi connectivity index (χ1n) is 4.91. The third kappa shape index (κ3) is 6.66. The summed E-state index contributed by atoms with van der Waals surface area (Å²) in [5, 5.41) is 0. The molecule has 1 amide bonds. The Morgan fingerprint density at radius 3 is 2.10 bits per heavy atom. The average Bonchev–Trinajstić information content (AvgIpc) is 2.25. The van der Waals surface area contributed by atoms with Gasteiger partial charge in [-0.2, -0.15) is 26.3 Å². The van der Waals surface area contributed by atoms with E-state index in [2.05, 4.69) is 4.84 Å². The Hall–Kier alpha value is -1.42. The molecule has 10 heteroatoms. The molecule has 0 unspecified atom stereocenters. The molecule has 0 bridgehead atoms. The van der Waals surface area contributed by atoms with Crippen LogP contribution in [-0.4, -0.2) is 24.2 Å². The number of thioether (sulfide) groups is 1. The van der Waals surface area contributed by atoms with Gasteiger partial charge in [0.15, 0.2) is 6.61 Å². The van der Waals surface area contributed by atoms with Crippen LogP contribution >= 0.6 is 11.8 Å². The molecule has 0 heterocycles. The number of hydrogen-bond donors (Lipinski definition) is 1. The number of carbonyl (C=O) groups is 1. The van der Waals surface area contributed by atoms with Crippen LogP contribution in [0.4, 0.5) is 26.3 Å². The van der Waals surface area contributed by atoms with Crippen molar-refractivity contribution in [3.63, 3.8) is 0 Å². The lowest BCUT2D eigenvalue weighted by molar-refractivity contribution is -0.184. The van der Waals surface area contributed by atoms with Gasteiger partial charge in [-0.1, -0.05) is 0 Å². The number of amides is 1. The summed E-state index contributed by atoms with van der Waals surface area (Å²) < 4.78 is 71.3. The molecule has 0 fully saturated rings. The predicted octanol–water partition coefficient (Wildman–Crippen LogP) is 3.52.